The first kappa shape index (κ1) is 36.9. The minimum atomic E-state index is -0.881. The fourth-order valence-corrected chi connectivity index (χ4v) is 4.88. The average molecular weight is 536 g/mol. The normalized spacial score (nSPS) is 13.5. The van der Waals surface area contributed by atoms with Crippen molar-refractivity contribution >= 4 is 5.91 Å². The lowest BCUT2D eigenvalue weighted by Crippen LogP contribution is -2.45. The number of aliphatic hydroxyl groups is 2. The van der Waals surface area contributed by atoms with E-state index in [0.29, 0.717) is 6.42 Å². The summed E-state index contributed by atoms with van der Waals surface area (Å²) in [7, 11) is 0. The molecule has 0 aliphatic heterocycles. The highest BCUT2D eigenvalue weighted by Gasteiger charge is 2.17. The number of allylic oxidation sites excluding steroid dienone is 3. The van der Waals surface area contributed by atoms with Gasteiger partial charge in [-0.3, -0.25) is 4.79 Å². The van der Waals surface area contributed by atoms with Gasteiger partial charge < -0.3 is 15.5 Å². The highest BCUT2D eigenvalue weighted by atomic mass is 16.3. The van der Waals surface area contributed by atoms with E-state index in [1.54, 1.807) is 6.08 Å². The van der Waals surface area contributed by atoms with Crippen molar-refractivity contribution in [2.75, 3.05) is 6.61 Å². The van der Waals surface area contributed by atoms with Crippen molar-refractivity contribution in [2.45, 2.75) is 180 Å². The molecule has 0 saturated carbocycles. The quantitative estimate of drug-likeness (QED) is 0.0660. The van der Waals surface area contributed by atoms with Gasteiger partial charge in [0.15, 0.2) is 0 Å². The summed E-state index contributed by atoms with van der Waals surface area (Å²) >= 11 is 0. The molecule has 0 bridgehead atoms. The Bertz CT molecular complexity index is 546. The van der Waals surface area contributed by atoms with Gasteiger partial charge >= 0.3 is 0 Å². The summed E-state index contributed by atoms with van der Waals surface area (Å²) in [6.45, 7) is 4.23. The van der Waals surface area contributed by atoms with E-state index in [-0.39, 0.29) is 12.5 Å². The number of carbonyl (C=O) groups is 1. The van der Waals surface area contributed by atoms with Crippen molar-refractivity contribution < 1.29 is 15.0 Å². The van der Waals surface area contributed by atoms with E-state index in [1.165, 1.54) is 128 Å². The second-order valence-corrected chi connectivity index (χ2v) is 11.3. The minimum absolute atomic E-state index is 0.0833. The van der Waals surface area contributed by atoms with Crippen LogP contribution in [0.2, 0.25) is 0 Å². The Morgan fingerprint density at radius 1 is 0.632 bits per heavy atom. The molecule has 4 nitrogen and oxygen atoms in total. The van der Waals surface area contributed by atoms with Crippen LogP contribution in [0.4, 0.5) is 0 Å². The minimum Gasteiger partial charge on any atom is -0.394 e. The topological polar surface area (TPSA) is 69.6 Å². The van der Waals surface area contributed by atoms with Crippen molar-refractivity contribution in [1.29, 1.82) is 0 Å². The molecule has 0 saturated heterocycles. The van der Waals surface area contributed by atoms with Crippen LogP contribution >= 0.6 is 0 Å². The molecule has 0 fully saturated rings. The van der Waals surface area contributed by atoms with Gasteiger partial charge in [0.05, 0.1) is 18.8 Å². The van der Waals surface area contributed by atoms with Crippen LogP contribution in [0, 0.1) is 0 Å². The van der Waals surface area contributed by atoms with E-state index in [1.807, 2.05) is 12.2 Å². The number of hydrogen-bond acceptors (Lipinski definition) is 3. The third-order valence-electron chi connectivity index (χ3n) is 7.49. The van der Waals surface area contributed by atoms with Crippen LogP contribution in [0.1, 0.15) is 168 Å². The third-order valence-corrected chi connectivity index (χ3v) is 7.49. The Labute approximate surface area is 237 Å². The number of rotatable bonds is 29. The summed E-state index contributed by atoms with van der Waals surface area (Å²) in [6.07, 6.45) is 36.9. The summed E-state index contributed by atoms with van der Waals surface area (Å²) < 4.78 is 0. The SMILES string of the molecule is CCCCCCC/C=C\C=C/[C@@H](O)[C@H](CO)NC(=O)CCCCCCCCCCCCCCCCCCC. The Kier molecular flexibility index (Phi) is 29.5. The number of hydrogen-bond donors (Lipinski definition) is 3. The molecule has 0 rings (SSSR count). The van der Waals surface area contributed by atoms with Gasteiger partial charge in [-0.1, -0.05) is 167 Å². The van der Waals surface area contributed by atoms with Crippen molar-refractivity contribution in [1.82, 2.24) is 5.32 Å². The molecule has 0 aliphatic carbocycles. The summed E-state index contributed by atoms with van der Waals surface area (Å²) in [5.74, 6) is -0.0833. The lowest BCUT2D eigenvalue weighted by atomic mass is 10.0. The van der Waals surface area contributed by atoms with Crippen LogP contribution in [0.3, 0.4) is 0 Å². The molecule has 0 aromatic carbocycles. The summed E-state index contributed by atoms with van der Waals surface area (Å²) in [4.78, 5) is 12.2. The van der Waals surface area contributed by atoms with Crippen LogP contribution in [0.15, 0.2) is 24.3 Å². The molecule has 3 N–H and O–H groups in total. The third kappa shape index (κ3) is 26.5. The Morgan fingerprint density at radius 2 is 1.05 bits per heavy atom. The van der Waals surface area contributed by atoms with Gasteiger partial charge in [-0.05, 0) is 19.3 Å². The van der Waals surface area contributed by atoms with Crippen LogP contribution < -0.4 is 5.32 Å². The van der Waals surface area contributed by atoms with Crippen molar-refractivity contribution in [2.24, 2.45) is 0 Å². The molecule has 0 aliphatic rings. The van der Waals surface area contributed by atoms with Crippen LogP contribution in [-0.4, -0.2) is 34.9 Å². The fourth-order valence-electron chi connectivity index (χ4n) is 4.88. The lowest BCUT2D eigenvalue weighted by molar-refractivity contribution is -0.123. The van der Waals surface area contributed by atoms with Crippen molar-refractivity contribution in [3.8, 4) is 0 Å². The average Bonchev–Trinajstić information content (AvgIpc) is 2.92. The number of unbranched alkanes of at least 4 members (excludes halogenated alkanes) is 21. The Balaban J connectivity index is 3.62. The summed E-state index contributed by atoms with van der Waals surface area (Å²) in [5.41, 5.74) is 0. The number of carbonyl (C=O) groups excluding carboxylic acids is 1. The molecule has 0 aromatic heterocycles. The van der Waals surface area contributed by atoms with Gasteiger partial charge in [-0.15, -0.1) is 0 Å². The molecule has 0 heterocycles. The molecule has 0 aromatic rings. The first-order valence-electron chi connectivity index (χ1n) is 16.6. The van der Waals surface area contributed by atoms with Crippen LogP contribution in [0.5, 0.6) is 0 Å². The van der Waals surface area contributed by atoms with E-state index >= 15 is 0 Å². The van der Waals surface area contributed by atoms with Crippen LogP contribution in [0.25, 0.3) is 0 Å². The zero-order chi connectivity index (χ0) is 27.9. The van der Waals surface area contributed by atoms with Crippen molar-refractivity contribution in [3.63, 3.8) is 0 Å². The second kappa shape index (κ2) is 30.4. The van der Waals surface area contributed by atoms with E-state index in [4.69, 9.17) is 0 Å². The fraction of sp³-hybridized carbons (Fsp3) is 0.853. The molecule has 4 heteroatoms. The van der Waals surface area contributed by atoms with Crippen molar-refractivity contribution in [3.05, 3.63) is 24.3 Å². The van der Waals surface area contributed by atoms with Gasteiger partial charge in [0.2, 0.25) is 5.91 Å². The summed E-state index contributed by atoms with van der Waals surface area (Å²) in [5, 5.41) is 22.7. The predicted molar refractivity (Wildman–Crippen MR) is 165 cm³/mol. The molecule has 38 heavy (non-hydrogen) atoms. The Hall–Kier alpha value is -1.13. The van der Waals surface area contributed by atoms with E-state index in [9.17, 15) is 15.0 Å². The predicted octanol–water partition coefficient (Wildman–Crippen LogP) is 9.34. The van der Waals surface area contributed by atoms with Crippen LogP contribution in [-0.2, 0) is 4.79 Å². The highest BCUT2D eigenvalue weighted by Crippen LogP contribution is 2.14. The van der Waals surface area contributed by atoms with Gasteiger partial charge in [0, 0.05) is 6.42 Å². The first-order valence-corrected chi connectivity index (χ1v) is 16.6. The van der Waals surface area contributed by atoms with Gasteiger partial charge in [-0.2, -0.15) is 0 Å². The molecule has 2 atom stereocenters. The summed E-state index contributed by atoms with van der Waals surface area (Å²) in [6, 6.07) is -0.646. The largest absolute Gasteiger partial charge is 0.394 e. The molecule has 0 unspecified atom stereocenters. The van der Waals surface area contributed by atoms with E-state index in [2.05, 4.69) is 25.2 Å². The first-order chi connectivity index (χ1) is 18.7. The maximum absolute atomic E-state index is 12.2. The molecule has 224 valence electrons. The lowest BCUT2D eigenvalue weighted by Gasteiger charge is -2.19. The van der Waals surface area contributed by atoms with E-state index < -0.39 is 12.1 Å². The number of nitrogens with one attached hydrogen (secondary N) is 1. The maximum Gasteiger partial charge on any atom is 0.220 e. The number of aliphatic hydroxyl groups excluding tert-OH is 2. The standard InChI is InChI=1S/C34H65NO3/c1-3-5-7-9-11-13-14-15-16-17-18-19-20-22-24-26-28-30-34(38)35-32(31-36)33(37)29-27-25-23-21-12-10-8-6-4-2/h23,25,27,29,32-33,36-37H,3-22,24,26,28,30-31H2,1-2H3,(H,35,38)/b25-23-,29-27-/t32-,33+/m0/s1. The smallest absolute Gasteiger partial charge is 0.220 e. The van der Waals surface area contributed by atoms with Gasteiger partial charge in [-0.25, -0.2) is 0 Å². The monoisotopic (exact) mass is 535 g/mol. The van der Waals surface area contributed by atoms with Gasteiger partial charge in [0.25, 0.3) is 0 Å². The molecule has 1 amide bonds. The highest BCUT2D eigenvalue weighted by molar-refractivity contribution is 5.76. The maximum atomic E-state index is 12.2. The van der Waals surface area contributed by atoms with E-state index in [0.717, 1.165) is 19.3 Å². The zero-order valence-corrected chi connectivity index (χ0v) is 25.4. The molecular formula is C34H65NO3. The van der Waals surface area contributed by atoms with Gasteiger partial charge in [0.1, 0.15) is 0 Å². The Morgan fingerprint density at radius 3 is 1.50 bits per heavy atom. The number of amides is 1. The molecule has 0 spiro atoms. The zero-order valence-electron chi connectivity index (χ0n) is 25.4. The molecular weight excluding hydrogens is 470 g/mol. The second-order valence-electron chi connectivity index (χ2n) is 11.3. The molecule has 0 radical (unpaired) electrons.